The highest BCUT2D eigenvalue weighted by molar-refractivity contribution is 7.89. The lowest BCUT2D eigenvalue weighted by Gasteiger charge is -2.34. The highest BCUT2D eigenvalue weighted by atomic mass is 32.2. The van der Waals surface area contributed by atoms with E-state index in [1.807, 2.05) is 13.0 Å². The van der Waals surface area contributed by atoms with Gasteiger partial charge in [-0.15, -0.1) is 0 Å². The molecule has 0 radical (unpaired) electrons. The standard InChI is InChI=1S/C13H19NO3S/c1-11-6-3-4-7-12(11)18(15,16)14-13(2)8-5-9-17-10-13/h3-4,6-7,14H,5,8-10H2,1-2H3. The SMILES string of the molecule is Cc1ccccc1S(=O)(=O)NC1(C)CCCOC1. The summed E-state index contributed by atoms with van der Waals surface area (Å²) < 4.78 is 32.9. The van der Waals surface area contributed by atoms with Gasteiger partial charge in [0, 0.05) is 6.61 Å². The fourth-order valence-electron chi connectivity index (χ4n) is 2.25. The second-order valence-corrected chi connectivity index (χ2v) is 6.74. The number of ether oxygens (including phenoxy) is 1. The van der Waals surface area contributed by atoms with E-state index in [1.54, 1.807) is 25.1 Å². The smallest absolute Gasteiger partial charge is 0.241 e. The molecule has 1 aromatic rings. The Balaban J connectivity index is 2.25. The van der Waals surface area contributed by atoms with E-state index in [2.05, 4.69) is 4.72 Å². The molecular formula is C13H19NO3S. The van der Waals surface area contributed by atoms with Gasteiger partial charge in [-0.2, -0.15) is 0 Å². The second kappa shape index (κ2) is 4.99. The third-order valence-electron chi connectivity index (χ3n) is 3.20. The van der Waals surface area contributed by atoms with Gasteiger partial charge < -0.3 is 4.74 Å². The van der Waals surface area contributed by atoms with Crippen LogP contribution in [0.3, 0.4) is 0 Å². The Morgan fingerprint density at radius 1 is 1.33 bits per heavy atom. The topological polar surface area (TPSA) is 55.4 Å². The van der Waals surface area contributed by atoms with Crippen LogP contribution in [0.5, 0.6) is 0 Å². The van der Waals surface area contributed by atoms with E-state index >= 15 is 0 Å². The molecule has 1 aromatic carbocycles. The summed E-state index contributed by atoms with van der Waals surface area (Å²) >= 11 is 0. The molecule has 0 aliphatic carbocycles. The summed E-state index contributed by atoms with van der Waals surface area (Å²) in [6.07, 6.45) is 1.69. The molecule has 0 bridgehead atoms. The van der Waals surface area contributed by atoms with Gasteiger partial charge in [0.2, 0.25) is 10.0 Å². The van der Waals surface area contributed by atoms with Gasteiger partial charge in [-0.1, -0.05) is 18.2 Å². The Kier molecular flexibility index (Phi) is 3.75. The van der Waals surface area contributed by atoms with E-state index in [1.165, 1.54) is 0 Å². The maximum Gasteiger partial charge on any atom is 0.241 e. The van der Waals surface area contributed by atoms with Crippen LogP contribution in [-0.2, 0) is 14.8 Å². The summed E-state index contributed by atoms with van der Waals surface area (Å²) in [6.45, 7) is 4.83. The lowest BCUT2D eigenvalue weighted by Crippen LogP contribution is -2.51. The predicted octanol–water partition coefficient (Wildman–Crippen LogP) is 1.84. The molecule has 0 spiro atoms. The number of aryl methyl sites for hydroxylation is 1. The second-order valence-electron chi connectivity index (χ2n) is 5.09. The van der Waals surface area contributed by atoms with Crippen LogP contribution < -0.4 is 4.72 Å². The number of rotatable bonds is 3. The summed E-state index contributed by atoms with van der Waals surface area (Å²) in [5.41, 5.74) is 0.254. The summed E-state index contributed by atoms with van der Waals surface area (Å²) in [6, 6.07) is 7.00. The summed E-state index contributed by atoms with van der Waals surface area (Å²) in [5, 5.41) is 0. The van der Waals surface area contributed by atoms with Crippen LogP contribution in [0.4, 0.5) is 0 Å². The van der Waals surface area contributed by atoms with E-state index < -0.39 is 15.6 Å². The molecule has 0 amide bonds. The Morgan fingerprint density at radius 2 is 2.06 bits per heavy atom. The number of nitrogens with one attached hydrogen (secondary N) is 1. The van der Waals surface area contributed by atoms with Crippen LogP contribution in [-0.4, -0.2) is 27.2 Å². The van der Waals surface area contributed by atoms with Crippen LogP contribution in [0.2, 0.25) is 0 Å². The van der Waals surface area contributed by atoms with Gasteiger partial charge in [-0.25, -0.2) is 13.1 Å². The molecule has 18 heavy (non-hydrogen) atoms. The van der Waals surface area contributed by atoms with Crippen molar-refractivity contribution in [3.05, 3.63) is 29.8 Å². The largest absolute Gasteiger partial charge is 0.380 e. The van der Waals surface area contributed by atoms with E-state index in [-0.39, 0.29) is 0 Å². The first-order chi connectivity index (χ1) is 8.43. The first kappa shape index (κ1) is 13.5. The van der Waals surface area contributed by atoms with Crippen LogP contribution in [0, 0.1) is 6.92 Å². The molecular weight excluding hydrogens is 250 g/mol. The molecule has 1 atom stereocenters. The van der Waals surface area contributed by atoms with Crippen LogP contribution in [0.1, 0.15) is 25.3 Å². The Labute approximate surface area is 108 Å². The van der Waals surface area contributed by atoms with Gasteiger partial charge in [0.05, 0.1) is 17.0 Å². The monoisotopic (exact) mass is 269 g/mol. The molecule has 1 aliphatic rings. The number of benzene rings is 1. The van der Waals surface area contributed by atoms with E-state index in [9.17, 15) is 8.42 Å². The fraction of sp³-hybridized carbons (Fsp3) is 0.538. The molecule has 2 rings (SSSR count). The van der Waals surface area contributed by atoms with Gasteiger partial charge in [0.25, 0.3) is 0 Å². The molecule has 5 heteroatoms. The molecule has 1 aliphatic heterocycles. The van der Waals surface area contributed by atoms with Crippen molar-refractivity contribution in [3.8, 4) is 0 Å². The highest BCUT2D eigenvalue weighted by Crippen LogP contribution is 2.22. The molecule has 4 nitrogen and oxygen atoms in total. The summed E-state index contributed by atoms with van der Waals surface area (Å²) in [7, 11) is -3.48. The number of sulfonamides is 1. The molecule has 0 aromatic heterocycles. The van der Waals surface area contributed by atoms with E-state index in [4.69, 9.17) is 4.74 Å². The van der Waals surface area contributed by atoms with Gasteiger partial charge in [-0.05, 0) is 38.3 Å². The van der Waals surface area contributed by atoms with Gasteiger partial charge in [0.1, 0.15) is 0 Å². The number of hydrogen-bond acceptors (Lipinski definition) is 3. The molecule has 1 unspecified atom stereocenters. The summed E-state index contributed by atoms with van der Waals surface area (Å²) in [5.74, 6) is 0. The van der Waals surface area contributed by atoms with Crippen molar-refractivity contribution in [1.29, 1.82) is 0 Å². The van der Waals surface area contributed by atoms with Crippen molar-refractivity contribution in [1.82, 2.24) is 4.72 Å². The van der Waals surface area contributed by atoms with Crippen molar-refractivity contribution in [2.45, 2.75) is 37.1 Å². The molecule has 0 saturated carbocycles. The van der Waals surface area contributed by atoms with Crippen molar-refractivity contribution in [2.24, 2.45) is 0 Å². The van der Waals surface area contributed by atoms with E-state index in [0.717, 1.165) is 18.4 Å². The Morgan fingerprint density at radius 3 is 2.67 bits per heavy atom. The van der Waals surface area contributed by atoms with Crippen molar-refractivity contribution in [2.75, 3.05) is 13.2 Å². The van der Waals surface area contributed by atoms with Gasteiger partial charge in [-0.3, -0.25) is 0 Å². The quantitative estimate of drug-likeness (QED) is 0.911. The Hall–Kier alpha value is -0.910. The summed E-state index contributed by atoms with van der Waals surface area (Å²) in [4.78, 5) is 0.344. The molecule has 1 heterocycles. The van der Waals surface area contributed by atoms with Crippen molar-refractivity contribution in [3.63, 3.8) is 0 Å². The van der Waals surface area contributed by atoms with Crippen molar-refractivity contribution < 1.29 is 13.2 Å². The Bertz CT molecular complexity index is 519. The number of hydrogen-bond donors (Lipinski definition) is 1. The third-order valence-corrected chi connectivity index (χ3v) is 5.00. The van der Waals surface area contributed by atoms with Crippen LogP contribution in [0.15, 0.2) is 29.2 Å². The lowest BCUT2D eigenvalue weighted by atomic mass is 9.97. The predicted molar refractivity (Wildman–Crippen MR) is 70.0 cm³/mol. The van der Waals surface area contributed by atoms with Gasteiger partial charge in [0.15, 0.2) is 0 Å². The minimum atomic E-state index is -3.48. The van der Waals surface area contributed by atoms with Crippen LogP contribution in [0.25, 0.3) is 0 Å². The normalized spacial score (nSPS) is 25.0. The lowest BCUT2D eigenvalue weighted by molar-refractivity contribution is 0.0386. The molecule has 1 fully saturated rings. The maximum atomic E-state index is 12.4. The molecule has 1 N–H and O–H groups in total. The average Bonchev–Trinajstić information content (AvgIpc) is 2.28. The van der Waals surface area contributed by atoms with Gasteiger partial charge >= 0.3 is 0 Å². The van der Waals surface area contributed by atoms with Crippen molar-refractivity contribution >= 4 is 10.0 Å². The molecule has 100 valence electrons. The zero-order valence-corrected chi connectivity index (χ0v) is 11.6. The maximum absolute atomic E-state index is 12.4. The minimum Gasteiger partial charge on any atom is -0.380 e. The third kappa shape index (κ3) is 2.91. The zero-order chi connectivity index (χ0) is 13.2. The minimum absolute atomic E-state index is 0.344. The first-order valence-corrected chi connectivity index (χ1v) is 7.59. The average molecular weight is 269 g/mol. The fourth-order valence-corrected chi connectivity index (χ4v) is 3.92. The van der Waals surface area contributed by atoms with Crippen LogP contribution >= 0.6 is 0 Å². The van der Waals surface area contributed by atoms with E-state index in [0.29, 0.717) is 18.1 Å². The first-order valence-electron chi connectivity index (χ1n) is 6.10. The highest BCUT2D eigenvalue weighted by Gasteiger charge is 2.33. The molecule has 1 saturated heterocycles. The zero-order valence-electron chi connectivity index (χ0n) is 10.8.